The number of carbonyl (C=O) groups excluding carboxylic acids is 14. The number of nitrogens with one attached hydrogen (secondary N) is 13. The van der Waals surface area contributed by atoms with E-state index in [4.69, 9.17) is 42.7 Å². The number of hydrogen-bond acceptors (Lipinski definition) is 20. The van der Waals surface area contributed by atoms with Gasteiger partial charge >= 0.3 is 36.3 Å². The van der Waals surface area contributed by atoms with Crippen LogP contribution < -0.4 is 86.7 Å². The number of amides is 15. The molecule has 3 aromatic carbocycles. The summed E-state index contributed by atoms with van der Waals surface area (Å²) in [5.74, 6) is -18.3. The molecule has 0 bridgehead atoms. The number of likely N-dealkylation sites (tertiary alicyclic amines) is 1. The molecule has 41 nitrogen and oxygen atoms in total. The number of urea groups is 1. The van der Waals surface area contributed by atoms with Crippen molar-refractivity contribution in [2.45, 2.75) is 210 Å². The maximum atomic E-state index is 14.5. The molecule has 124 heavy (non-hydrogen) atoms. The Morgan fingerprint density at radius 3 is 1.58 bits per heavy atom. The number of carbonyl (C=O) groups is 17. The topological polar surface area (TPSA) is 671 Å². The fraction of sp³-hybridized carbons (Fsp3) is 0.506. The number of aromatic amines is 1. The van der Waals surface area contributed by atoms with Crippen molar-refractivity contribution < 1.29 is 133 Å². The highest BCUT2D eigenvalue weighted by Crippen LogP contribution is 2.23. The minimum atomic E-state index is -5.08. The lowest BCUT2D eigenvalue weighted by Gasteiger charge is -2.30. The lowest BCUT2D eigenvalue weighted by Crippen LogP contribution is -2.61. The Kier molecular flexibility index (Phi) is 44.1. The van der Waals surface area contributed by atoms with Crippen LogP contribution >= 0.6 is 0 Å². The molecule has 4 aromatic rings. The Bertz CT molecular complexity index is 4330. The number of phenols is 1. The quantitative estimate of drug-likeness (QED) is 0.0101. The van der Waals surface area contributed by atoms with E-state index < -0.39 is 193 Å². The number of guanidine groups is 1. The zero-order valence-corrected chi connectivity index (χ0v) is 68.3. The number of hydrogen-bond donors (Lipinski definition) is 22. The van der Waals surface area contributed by atoms with Gasteiger partial charge in [0, 0.05) is 81.8 Å². The number of rotatable bonds is 45. The van der Waals surface area contributed by atoms with Gasteiger partial charge in [-0.3, -0.25) is 67.1 Å². The number of carboxylic acids is 3. The number of aromatic hydroxyl groups is 1. The van der Waals surface area contributed by atoms with Gasteiger partial charge in [-0.2, -0.15) is 31.3 Å². The van der Waals surface area contributed by atoms with E-state index in [0.717, 1.165) is 0 Å². The summed E-state index contributed by atoms with van der Waals surface area (Å²) in [6, 6.07) is 4.78. The van der Waals surface area contributed by atoms with Crippen molar-refractivity contribution in [3.8, 4) is 5.75 Å². The van der Waals surface area contributed by atoms with Crippen LogP contribution in [0.15, 0.2) is 90.1 Å². The molecular weight excluding hydrogens is 1660 g/mol. The Labute approximate surface area is 706 Å². The molecule has 0 spiro atoms. The van der Waals surface area contributed by atoms with E-state index in [-0.39, 0.29) is 107 Å². The molecule has 11 atom stereocenters. The van der Waals surface area contributed by atoms with Gasteiger partial charge in [0.25, 0.3) is 0 Å². The summed E-state index contributed by atoms with van der Waals surface area (Å²) in [4.78, 5) is 227. The number of aliphatic carboxylic acids is 3. The molecule has 1 aliphatic heterocycles. The number of nitrogens with two attached hydrogens (primary N) is 4. The average Bonchev–Trinajstić information content (AvgIpc) is 1.71. The van der Waals surface area contributed by atoms with Crippen LogP contribution in [0.2, 0.25) is 0 Å². The van der Waals surface area contributed by atoms with E-state index >= 15 is 0 Å². The van der Waals surface area contributed by atoms with Crippen molar-refractivity contribution >= 4 is 118 Å². The maximum Gasteiger partial charge on any atom is 0.490 e. The number of aliphatic imine (C=N–C) groups is 1. The molecule has 0 saturated carbocycles. The molecule has 1 aliphatic rings. The first-order valence-corrected chi connectivity index (χ1v) is 39.0. The first-order chi connectivity index (χ1) is 58.1. The van der Waals surface area contributed by atoms with Crippen LogP contribution in [0.3, 0.4) is 0 Å². The predicted octanol–water partition coefficient (Wildman–Crippen LogP) is -1.76. The molecule has 0 aliphatic carbocycles. The van der Waals surface area contributed by atoms with Crippen molar-refractivity contribution in [3.05, 3.63) is 102 Å². The molecule has 2 heterocycles. The molecular formula is C77H107F6N19O22. The lowest BCUT2D eigenvalue weighted by molar-refractivity contribution is -0.193. The zero-order valence-electron chi connectivity index (χ0n) is 68.3. The molecule has 15 amide bonds. The van der Waals surface area contributed by atoms with Crippen molar-refractivity contribution in [1.82, 2.24) is 73.7 Å². The third-order valence-electron chi connectivity index (χ3n) is 18.3. The molecule has 26 N–H and O–H groups in total. The number of para-hydroxylation sites is 1. The second-order valence-electron chi connectivity index (χ2n) is 28.8. The molecule has 1 fully saturated rings. The zero-order chi connectivity index (χ0) is 93.3. The number of phenolic OH excluding ortho intramolecular Hbond substituents is 1. The van der Waals surface area contributed by atoms with Crippen LogP contribution in [0.25, 0.3) is 10.9 Å². The number of alkyl halides is 6. The third kappa shape index (κ3) is 38.7. The highest BCUT2D eigenvalue weighted by atomic mass is 19.4. The fourth-order valence-electron chi connectivity index (χ4n) is 11.8. The summed E-state index contributed by atoms with van der Waals surface area (Å²) in [5.41, 5.74) is 25.5. The summed E-state index contributed by atoms with van der Waals surface area (Å²) in [5, 5.41) is 75.8. The number of aliphatic hydroxyl groups is 1. The SMILES string of the molecule is CCC(=O)NCCCCNC(=O)N=C(N)NCCC[C@H](NC(=O)[C@H](CCC(N)=O)NC(=O)[C@@H]1CCCN1C(=O)[C@H](C)NC(=O)[C@H](C)NC(=O)[C@H](CC(C)C)NC(=O)[C@H](CO)NC(=O)[C@H](Cc1c[nH]c2ccccc12)NC(=O)[C@H](Cc1ccc(O)cc1)NC(=O)[C@@H](N)CCC(=O)O)C(=O)N[C@@H](Cc1ccccc1)C(N)=O.O=C(O)C(F)(F)F.O=C(O)C(F)(F)F. The van der Waals surface area contributed by atoms with Gasteiger partial charge in [0.2, 0.25) is 76.8 Å². The van der Waals surface area contributed by atoms with E-state index in [1.807, 2.05) is 0 Å². The Morgan fingerprint density at radius 2 is 1.02 bits per heavy atom. The average molecular weight is 1760 g/mol. The minimum absolute atomic E-state index is 0.00111. The Hall–Kier alpha value is -13.2. The molecule has 0 unspecified atom stereocenters. The molecule has 1 aromatic heterocycles. The van der Waals surface area contributed by atoms with Crippen LogP contribution in [0, 0.1) is 5.92 Å². The van der Waals surface area contributed by atoms with E-state index in [0.29, 0.717) is 53.4 Å². The second-order valence-corrected chi connectivity index (χ2v) is 28.8. The smallest absolute Gasteiger partial charge is 0.490 e. The fourth-order valence-corrected chi connectivity index (χ4v) is 11.8. The van der Waals surface area contributed by atoms with Crippen LogP contribution in [0.4, 0.5) is 31.1 Å². The number of benzene rings is 3. The van der Waals surface area contributed by atoms with Crippen molar-refractivity contribution in [3.63, 3.8) is 0 Å². The number of nitrogens with zero attached hydrogens (tertiary/aromatic N) is 2. The van der Waals surface area contributed by atoms with E-state index in [9.17, 15) is 114 Å². The number of carboxylic acid groups (broad SMARTS) is 3. The van der Waals surface area contributed by atoms with Crippen molar-refractivity contribution in [2.24, 2.45) is 33.8 Å². The van der Waals surface area contributed by atoms with Crippen molar-refractivity contribution in [2.75, 3.05) is 32.8 Å². The molecule has 1 saturated heterocycles. The van der Waals surface area contributed by atoms with Crippen LogP contribution in [-0.4, -0.2) is 254 Å². The standard InChI is InChI=1S/C73H105N19O18.2C2HF3O2/c1-6-59(96)78-30-12-13-31-80-73(110)91-72(77)79-32-14-20-50(64(102)86-52(61(76)99)35-43-16-8-7-9-17-43)84-65(103)51(27-28-58(75)95)85-70(108)57-21-15-33-92(57)71(109)42(5)83-62(100)41(4)82-66(104)53(34-40(2)3)88-69(107)56(39-93)90-68(106)55(37-45-38-81-49-19-11-10-18-47(45)49)89-67(105)54(36-44-22-24-46(94)25-23-44)87-63(101)48(74)26-29-60(97)98;2*3-2(4,5)1(6)7/h7-11,16-19,22-25,38,40-42,48,50-57,81,93-94H,6,12-15,20-21,26-37,39,74H2,1-5H3,(H2,75,95)(H2,76,99)(H,78,96)(H,82,104)(H,83,100)(H,84,103)(H,85,108)(H,86,102)(H,87,101)(H,88,107)(H,89,105)(H,90,106)(H,97,98)(H4,77,79,80,91,110);2*(H,6,7)/t41-,42-,48-,50-,51-,52-,53-,54-,55-,56-,57-;;/m0../s1. The number of aliphatic hydroxyl groups excluding tert-OH is 1. The molecule has 47 heteroatoms. The van der Waals surface area contributed by atoms with Crippen LogP contribution in [0.5, 0.6) is 5.75 Å². The number of unbranched alkanes of at least 4 members (excludes halogenated alkanes) is 1. The highest BCUT2D eigenvalue weighted by Gasteiger charge is 2.42. The molecule has 684 valence electrons. The number of primary amides is 2. The first kappa shape index (κ1) is 105. The van der Waals surface area contributed by atoms with Gasteiger partial charge in [-0.25, -0.2) is 14.4 Å². The van der Waals surface area contributed by atoms with Gasteiger partial charge in [0.05, 0.1) is 12.6 Å². The van der Waals surface area contributed by atoms with E-state index in [1.54, 1.807) is 81.6 Å². The predicted molar refractivity (Wildman–Crippen MR) is 429 cm³/mol. The molecule has 5 rings (SSSR count). The van der Waals surface area contributed by atoms with Crippen LogP contribution in [-0.2, 0) is 96.0 Å². The van der Waals surface area contributed by atoms with Gasteiger partial charge in [-0.15, -0.1) is 0 Å². The largest absolute Gasteiger partial charge is 0.508 e. The highest BCUT2D eigenvalue weighted by molar-refractivity contribution is 6.00. The van der Waals surface area contributed by atoms with Gasteiger partial charge in [0.1, 0.15) is 66.2 Å². The summed E-state index contributed by atoms with van der Waals surface area (Å²) in [6.45, 7) is 7.46. The van der Waals surface area contributed by atoms with E-state index in [1.165, 1.54) is 43.0 Å². The van der Waals surface area contributed by atoms with Crippen LogP contribution in [0.1, 0.15) is 128 Å². The number of halogens is 6. The summed E-state index contributed by atoms with van der Waals surface area (Å²) < 4.78 is 63.5. The van der Waals surface area contributed by atoms with Crippen molar-refractivity contribution in [1.29, 1.82) is 0 Å². The minimum Gasteiger partial charge on any atom is -0.508 e. The normalized spacial score (nSPS) is 14.9. The number of aromatic nitrogens is 1. The second kappa shape index (κ2) is 52.2. The maximum absolute atomic E-state index is 14.5. The van der Waals surface area contributed by atoms with E-state index in [2.05, 4.69) is 73.8 Å². The molecule has 0 radical (unpaired) electrons. The van der Waals surface area contributed by atoms with Gasteiger partial charge in [-0.05, 0) is 112 Å². The monoisotopic (exact) mass is 1760 g/mol. The van der Waals surface area contributed by atoms with Gasteiger partial charge < -0.3 is 122 Å². The Balaban J connectivity index is 0.00000260. The van der Waals surface area contributed by atoms with Gasteiger partial charge in [-0.1, -0.05) is 81.4 Å². The summed E-state index contributed by atoms with van der Waals surface area (Å²) in [6.07, 6.45) is -8.86. The third-order valence-corrected chi connectivity index (χ3v) is 18.3. The summed E-state index contributed by atoms with van der Waals surface area (Å²) >= 11 is 0. The number of H-pyrrole nitrogens is 1. The Morgan fingerprint density at radius 1 is 0.532 bits per heavy atom. The van der Waals surface area contributed by atoms with Gasteiger partial charge in [0.15, 0.2) is 5.96 Å². The number of fused-ring (bicyclic) bond motifs is 1. The lowest BCUT2D eigenvalue weighted by atomic mass is 10.0. The first-order valence-electron chi connectivity index (χ1n) is 39.0. The summed E-state index contributed by atoms with van der Waals surface area (Å²) in [7, 11) is 0.